The molecule has 0 radical (unpaired) electrons. The maximum absolute atomic E-state index is 12.0. The van der Waals surface area contributed by atoms with Crippen LogP contribution in [0, 0.1) is 13.8 Å². The van der Waals surface area contributed by atoms with E-state index >= 15 is 0 Å². The van der Waals surface area contributed by atoms with Gasteiger partial charge in [-0.3, -0.25) is 10.1 Å². The summed E-state index contributed by atoms with van der Waals surface area (Å²) in [6.07, 6.45) is 1.36. The lowest BCUT2D eigenvalue weighted by Crippen LogP contribution is -2.35. The van der Waals surface area contributed by atoms with Crippen molar-refractivity contribution in [3.63, 3.8) is 0 Å². The van der Waals surface area contributed by atoms with Crippen molar-refractivity contribution in [1.82, 2.24) is 15.3 Å². The van der Waals surface area contributed by atoms with E-state index in [0.717, 1.165) is 33.4 Å². The first-order valence-electron chi connectivity index (χ1n) is 8.62. The lowest BCUT2D eigenvalue weighted by molar-refractivity contribution is -0.120. The molecule has 3 unspecified atom stereocenters. The number of hydrogen-bond donors (Lipinski definition) is 2. The summed E-state index contributed by atoms with van der Waals surface area (Å²) in [4.78, 5) is 20.6. The Morgan fingerprint density at radius 1 is 1.26 bits per heavy atom. The number of nitrogens with zero attached hydrogens (tertiary/aromatic N) is 2. The predicted molar refractivity (Wildman–Crippen MR) is 103 cm³/mol. The van der Waals surface area contributed by atoms with Crippen LogP contribution in [0.3, 0.4) is 0 Å². The summed E-state index contributed by atoms with van der Waals surface area (Å²) >= 11 is 6.07. The van der Waals surface area contributed by atoms with E-state index in [4.69, 9.17) is 22.1 Å². The highest BCUT2D eigenvalue weighted by Crippen LogP contribution is 2.39. The van der Waals surface area contributed by atoms with E-state index in [-0.39, 0.29) is 12.3 Å². The molecule has 1 aliphatic rings. The fraction of sp³-hybridized carbons (Fsp3) is 0.250. The fourth-order valence-electron chi connectivity index (χ4n) is 3.16. The molecular weight excluding hydrogens is 364 g/mol. The molecule has 0 saturated carbocycles. The zero-order valence-electron chi connectivity index (χ0n) is 14.9. The van der Waals surface area contributed by atoms with Crippen LogP contribution in [0.15, 0.2) is 42.6 Å². The third-order valence-electron chi connectivity index (χ3n) is 4.68. The summed E-state index contributed by atoms with van der Waals surface area (Å²) in [7, 11) is 0. The van der Waals surface area contributed by atoms with Crippen LogP contribution in [0.5, 0.6) is 0 Å². The molecule has 3 N–H and O–H groups in total. The highest BCUT2D eigenvalue weighted by Gasteiger charge is 2.42. The second-order valence-corrected chi connectivity index (χ2v) is 7.13. The zero-order valence-corrected chi connectivity index (χ0v) is 15.7. The van der Waals surface area contributed by atoms with Gasteiger partial charge in [-0.25, -0.2) is 9.97 Å². The molecule has 3 atom stereocenters. The monoisotopic (exact) mass is 382 g/mol. The van der Waals surface area contributed by atoms with Crippen LogP contribution in [0.25, 0.3) is 10.9 Å². The van der Waals surface area contributed by atoms with E-state index in [0.29, 0.717) is 5.02 Å². The summed E-state index contributed by atoms with van der Waals surface area (Å²) in [5.74, 6) is 0.255. The second kappa shape index (κ2) is 6.88. The lowest BCUT2D eigenvalue weighted by Gasteiger charge is -2.15. The largest absolute Gasteiger partial charge is 0.368 e. The van der Waals surface area contributed by atoms with Crippen LogP contribution >= 0.6 is 11.6 Å². The average molecular weight is 383 g/mol. The number of primary amides is 1. The standard InChI is InChI=1S/C20H19ClN4O2/c1-10-7-12(5-6-15(10)21)17(19(22)26)25-20-18(27-20)13-3-4-14-9-23-11(2)24-16(14)8-13/h3-9,17-18,20,25H,1-2H3,(H2,22,26). The predicted octanol–water partition coefficient (Wildman–Crippen LogP) is 3.11. The Kier molecular flexibility index (Phi) is 4.55. The molecule has 2 heterocycles. The number of amides is 1. The third-order valence-corrected chi connectivity index (χ3v) is 5.10. The molecule has 0 bridgehead atoms. The number of halogens is 1. The Morgan fingerprint density at radius 3 is 2.81 bits per heavy atom. The maximum Gasteiger partial charge on any atom is 0.239 e. The minimum absolute atomic E-state index is 0.153. The number of hydrogen-bond acceptors (Lipinski definition) is 5. The van der Waals surface area contributed by atoms with Gasteiger partial charge in [0.25, 0.3) is 0 Å². The highest BCUT2D eigenvalue weighted by atomic mass is 35.5. The van der Waals surface area contributed by atoms with E-state index in [1.165, 1.54) is 0 Å². The summed E-state index contributed by atoms with van der Waals surface area (Å²) in [5, 5.41) is 4.81. The number of carbonyl (C=O) groups excluding carboxylic acids is 1. The van der Waals surface area contributed by atoms with Gasteiger partial charge in [-0.2, -0.15) is 0 Å². The SMILES string of the molecule is Cc1ncc2ccc(C3OC3NC(C(N)=O)c3ccc(Cl)c(C)c3)cc2n1. The van der Waals surface area contributed by atoms with Crippen LogP contribution in [0.1, 0.15) is 34.7 Å². The van der Waals surface area contributed by atoms with E-state index in [2.05, 4.69) is 15.3 Å². The Morgan fingerprint density at radius 2 is 2.07 bits per heavy atom. The van der Waals surface area contributed by atoms with Crippen LogP contribution in [-0.4, -0.2) is 22.1 Å². The number of carbonyl (C=O) groups is 1. The molecule has 138 valence electrons. The summed E-state index contributed by atoms with van der Waals surface area (Å²) < 4.78 is 5.75. The van der Waals surface area contributed by atoms with Crippen LogP contribution in [0.2, 0.25) is 5.02 Å². The summed E-state index contributed by atoms with van der Waals surface area (Å²) in [6.45, 7) is 3.74. The van der Waals surface area contributed by atoms with Gasteiger partial charge < -0.3 is 10.5 Å². The van der Waals surface area contributed by atoms with Gasteiger partial charge in [0, 0.05) is 16.6 Å². The Balaban J connectivity index is 1.53. The van der Waals surface area contributed by atoms with Gasteiger partial charge in [0.1, 0.15) is 24.2 Å². The van der Waals surface area contributed by atoms with E-state index in [1.807, 2.05) is 38.1 Å². The summed E-state index contributed by atoms with van der Waals surface area (Å²) in [6, 6.07) is 10.7. The van der Waals surface area contributed by atoms with Crippen molar-refractivity contribution in [2.75, 3.05) is 0 Å². The lowest BCUT2D eigenvalue weighted by atomic mass is 10.0. The number of nitrogens with one attached hydrogen (secondary N) is 1. The molecule has 4 rings (SSSR count). The molecular formula is C20H19ClN4O2. The van der Waals surface area contributed by atoms with Gasteiger partial charge in [-0.05, 0) is 42.7 Å². The average Bonchev–Trinajstić information content (AvgIpc) is 3.40. The molecule has 6 nitrogen and oxygen atoms in total. The van der Waals surface area contributed by atoms with Gasteiger partial charge in [-0.15, -0.1) is 0 Å². The molecule has 1 fully saturated rings. The van der Waals surface area contributed by atoms with Crippen molar-refractivity contribution in [2.45, 2.75) is 32.2 Å². The van der Waals surface area contributed by atoms with Gasteiger partial charge in [0.2, 0.25) is 5.91 Å². The minimum atomic E-state index is -0.652. The Hall–Kier alpha value is -2.54. The second-order valence-electron chi connectivity index (χ2n) is 6.72. The molecule has 0 aliphatic carbocycles. The third kappa shape index (κ3) is 3.64. The number of aromatic nitrogens is 2. The molecule has 1 aliphatic heterocycles. The maximum atomic E-state index is 12.0. The van der Waals surface area contributed by atoms with Crippen LogP contribution in [-0.2, 0) is 9.53 Å². The van der Waals surface area contributed by atoms with E-state index < -0.39 is 11.9 Å². The van der Waals surface area contributed by atoms with Gasteiger partial charge in [0.05, 0.1) is 5.52 Å². The molecule has 1 aromatic heterocycles. The molecule has 2 aromatic carbocycles. The first kappa shape index (κ1) is 17.9. The highest BCUT2D eigenvalue weighted by molar-refractivity contribution is 6.31. The molecule has 3 aromatic rings. The molecule has 0 spiro atoms. The number of ether oxygens (including phenoxy) is 1. The fourth-order valence-corrected chi connectivity index (χ4v) is 3.27. The van der Waals surface area contributed by atoms with E-state index in [1.54, 1.807) is 18.3 Å². The number of aryl methyl sites for hydroxylation is 2. The topological polar surface area (TPSA) is 93.4 Å². The number of nitrogens with two attached hydrogens (primary N) is 1. The first-order valence-corrected chi connectivity index (χ1v) is 9.00. The number of fused-ring (bicyclic) bond motifs is 1. The van der Waals surface area contributed by atoms with Crippen molar-refractivity contribution in [3.8, 4) is 0 Å². The zero-order chi connectivity index (χ0) is 19.1. The number of benzene rings is 2. The van der Waals surface area contributed by atoms with Crippen molar-refractivity contribution < 1.29 is 9.53 Å². The van der Waals surface area contributed by atoms with Crippen molar-refractivity contribution >= 4 is 28.4 Å². The van der Waals surface area contributed by atoms with Gasteiger partial charge >= 0.3 is 0 Å². The minimum Gasteiger partial charge on any atom is -0.368 e. The smallest absolute Gasteiger partial charge is 0.239 e. The van der Waals surface area contributed by atoms with Crippen molar-refractivity contribution in [1.29, 1.82) is 0 Å². The molecule has 1 saturated heterocycles. The molecule has 1 amide bonds. The van der Waals surface area contributed by atoms with Crippen molar-refractivity contribution in [3.05, 3.63) is 70.1 Å². The Labute approximate surface area is 161 Å². The Bertz CT molecular complexity index is 1040. The quantitative estimate of drug-likeness (QED) is 0.661. The van der Waals surface area contributed by atoms with Gasteiger partial charge in [0.15, 0.2) is 0 Å². The van der Waals surface area contributed by atoms with Crippen molar-refractivity contribution in [2.24, 2.45) is 5.73 Å². The van der Waals surface area contributed by atoms with Crippen LogP contribution < -0.4 is 11.1 Å². The molecule has 27 heavy (non-hydrogen) atoms. The normalized spacial score (nSPS) is 19.8. The molecule has 7 heteroatoms. The first-order chi connectivity index (χ1) is 12.9. The van der Waals surface area contributed by atoms with Gasteiger partial charge in [-0.1, -0.05) is 35.9 Å². The van der Waals surface area contributed by atoms with E-state index in [9.17, 15) is 4.79 Å². The number of rotatable bonds is 5. The van der Waals surface area contributed by atoms with Crippen LogP contribution in [0.4, 0.5) is 0 Å². The summed E-state index contributed by atoms with van der Waals surface area (Å²) in [5.41, 5.74) is 9.12. The number of epoxide rings is 1.